The number of hydrazine groups is 1. The van der Waals surface area contributed by atoms with Crippen LogP contribution in [0.5, 0.6) is 11.5 Å². The fraction of sp³-hybridized carbons (Fsp3) is 0.261. The predicted octanol–water partition coefficient (Wildman–Crippen LogP) is 2.89. The molecule has 2 unspecified atom stereocenters. The molecule has 2 aliphatic heterocycles. The Hall–Kier alpha value is -3.85. The van der Waals surface area contributed by atoms with E-state index >= 15 is 0 Å². The molecule has 32 heavy (non-hydrogen) atoms. The van der Waals surface area contributed by atoms with E-state index in [-0.39, 0.29) is 24.5 Å². The van der Waals surface area contributed by atoms with Gasteiger partial charge in [-0.15, -0.1) is 0 Å². The van der Waals surface area contributed by atoms with Crippen LogP contribution in [0.3, 0.4) is 0 Å². The maximum atomic E-state index is 13.1. The number of aromatic nitrogens is 2. The molecular weight excluding hydrogens is 410 g/mol. The third-order valence-electron chi connectivity index (χ3n) is 5.71. The number of rotatable bonds is 6. The highest BCUT2D eigenvalue weighted by Gasteiger charge is 2.41. The summed E-state index contributed by atoms with van der Waals surface area (Å²) in [5, 5.41) is 5.90. The van der Waals surface area contributed by atoms with Gasteiger partial charge in [-0.05, 0) is 36.8 Å². The number of ether oxygens (including phenoxy) is 2. The quantitative estimate of drug-likeness (QED) is 0.634. The molecule has 0 bridgehead atoms. The normalized spacial score (nSPS) is 19.9. The standard InChI is InChI=1S/C23H23N5O4/c1-30-16-9-7-15(8-10-16)22-24-21(32-26-22)14-27-11-12-28-19(23(27)29)13-18(25-28)17-5-3-4-6-20(17)31-2/h3-12,18-19,25H,13-14H2,1-2H3. The molecule has 1 saturated heterocycles. The number of carbonyl (C=O) groups excluding carboxylic acids is 1. The minimum atomic E-state index is -0.320. The number of benzene rings is 2. The van der Waals surface area contributed by atoms with Gasteiger partial charge in [0.2, 0.25) is 11.7 Å². The molecule has 9 heteroatoms. The Bertz CT molecular complexity index is 1140. The molecule has 0 saturated carbocycles. The number of hydrogen-bond acceptors (Lipinski definition) is 8. The second kappa shape index (κ2) is 8.35. The maximum Gasteiger partial charge on any atom is 0.251 e. The number of hydrogen-bond donors (Lipinski definition) is 1. The van der Waals surface area contributed by atoms with Crippen LogP contribution in [0.1, 0.15) is 23.9 Å². The van der Waals surface area contributed by atoms with Crippen molar-refractivity contribution >= 4 is 5.91 Å². The average molecular weight is 433 g/mol. The SMILES string of the molecule is COc1ccc(-c2noc(CN3C=CN4NC(c5ccccc5OC)CC4C3=O)n2)cc1. The summed E-state index contributed by atoms with van der Waals surface area (Å²) in [6.07, 6.45) is 4.22. The molecule has 0 radical (unpaired) electrons. The van der Waals surface area contributed by atoms with Gasteiger partial charge in [-0.3, -0.25) is 4.79 Å². The van der Waals surface area contributed by atoms with E-state index in [0.29, 0.717) is 18.1 Å². The second-order valence-corrected chi connectivity index (χ2v) is 7.59. The van der Waals surface area contributed by atoms with E-state index in [1.54, 1.807) is 25.3 Å². The van der Waals surface area contributed by atoms with Crippen molar-refractivity contribution in [2.45, 2.75) is 25.0 Å². The first-order chi connectivity index (χ1) is 15.7. The highest BCUT2D eigenvalue weighted by atomic mass is 16.5. The van der Waals surface area contributed by atoms with Crippen LogP contribution in [-0.4, -0.2) is 46.2 Å². The topological polar surface area (TPSA) is 93.0 Å². The Labute approximate surface area is 185 Å². The Morgan fingerprint density at radius 3 is 2.69 bits per heavy atom. The minimum absolute atomic E-state index is 0.0187. The van der Waals surface area contributed by atoms with Gasteiger partial charge in [0.1, 0.15) is 24.1 Å². The van der Waals surface area contributed by atoms with E-state index < -0.39 is 0 Å². The number of para-hydroxylation sites is 1. The molecule has 3 aromatic rings. The van der Waals surface area contributed by atoms with Crippen molar-refractivity contribution in [3.05, 3.63) is 72.4 Å². The zero-order chi connectivity index (χ0) is 22.1. The van der Waals surface area contributed by atoms with Gasteiger partial charge < -0.3 is 23.9 Å². The zero-order valence-electron chi connectivity index (χ0n) is 17.8. The van der Waals surface area contributed by atoms with Crippen LogP contribution in [0.25, 0.3) is 11.4 Å². The predicted molar refractivity (Wildman–Crippen MR) is 115 cm³/mol. The van der Waals surface area contributed by atoms with Crippen molar-refractivity contribution in [1.29, 1.82) is 0 Å². The fourth-order valence-electron chi connectivity index (χ4n) is 4.05. The smallest absolute Gasteiger partial charge is 0.251 e. The average Bonchev–Trinajstić information content (AvgIpc) is 3.49. The van der Waals surface area contributed by atoms with Gasteiger partial charge >= 0.3 is 0 Å². The summed E-state index contributed by atoms with van der Waals surface area (Å²) in [5.41, 5.74) is 5.23. The molecular formula is C23H23N5O4. The molecule has 3 heterocycles. The Morgan fingerprint density at radius 1 is 1.09 bits per heavy atom. The van der Waals surface area contributed by atoms with E-state index in [0.717, 1.165) is 22.6 Å². The maximum absolute atomic E-state index is 13.1. The van der Waals surface area contributed by atoms with Crippen molar-refractivity contribution in [1.82, 2.24) is 25.5 Å². The molecule has 5 rings (SSSR count). The molecule has 1 fully saturated rings. The summed E-state index contributed by atoms with van der Waals surface area (Å²) >= 11 is 0. The van der Waals surface area contributed by atoms with Crippen molar-refractivity contribution in [3.63, 3.8) is 0 Å². The number of nitrogens with one attached hydrogen (secondary N) is 1. The molecule has 1 N–H and O–H groups in total. The lowest BCUT2D eigenvalue weighted by molar-refractivity contribution is -0.135. The lowest BCUT2D eigenvalue weighted by Crippen LogP contribution is -2.47. The van der Waals surface area contributed by atoms with Crippen LogP contribution in [0.15, 0.2) is 65.5 Å². The summed E-state index contributed by atoms with van der Waals surface area (Å²) in [4.78, 5) is 19.2. The lowest BCUT2D eigenvalue weighted by Gasteiger charge is -2.30. The molecule has 2 aliphatic rings. The Balaban J connectivity index is 1.28. The molecule has 2 atom stereocenters. The number of fused-ring (bicyclic) bond motifs is 1. The first kappa shape index (κ1) is 20.1. The van der Waals surface area contributed by atoms with Gasteiger partial charge in [0, 0.05) is 23.5 Å². The number of nitrogens with zero attached hydrogens (tertiary/aromatic N) is 4. The molecule has 2 aromatic carbocycles. The third kappa shape index (κ3) is 3.67. The Kier molecular flexibility index (Phi) is 5.24. The number of carbonyl (C=O) groups is 1. The second-order valence-electron chi connectivity index (χ2n) is 7.59. The molecule has 0 aliphatic carbocycles. The van der Waals surface area contributed by atoms with E-state index in [9.17, 15) is 4.79 Å². The van der Waals surface area contributed by atoms with Crippen molar-refractivity contribution in [2.24, 2.45) is 0 Å². The van der Waals surface area contributed by atoms with Crippen LogP contribution in [0.4, 0.5) is 0 Å². The van der Waals surface area contributed by atoms with E-state index in [1.165, 1.54) is 0 Å². The third-order valence-corrected chi connectivity index (χ3v) is 5.71. The van der Waals surface area contributed by atoms with Gasteiger partial charge in [-0.25, -0.2) is 5.43 Å². The monoisotopic (exact) mass is 433 g/mol. The summed E-state index contributed by atoms with van der Waals surface area (Å²) in [5.74, 6) is 2.37. The van der Waals surface area contributed by atoms with Gasteiger partial charge in [0.15, 0.2) is 0 Å². The van der Waals surface area contributed by atoms with Crippen LogP contribution in [0, 0.1) is 0 Å². The highest BCUT2D eigenvalue weighted by Crippen LogP contribution is 2.35. The number of methoxy groups -OCH3 is 2. The molecule has 1 aromatic heterocycles. The minimum Gasteiger partial charge on any atom is -0.497 e. The fourth-order valence-corrected chi connectivity index (χ4v) is 4.05. The lowest BCUT2D eigenvalue weighted by atomic mass is 10.00. The van der Waals surface area contributed by atoms with Gasteiger partial charge in [-0.1, -0.05) is 23.4 Å². The summed E-state index contributed by atoms with van der Waals surface area (Å²) in [7, 11) is 3.27. The van der Waals surface area contributed by atoms with Crippen molar-refractivity contribution < 1.29 is 18.8 Å². The molecule has 9 nitrogen and oxygen atoms in total. The molecule has 164 valence electrons. The Morgan fingerprint density at radius 2 is 1.91 bits per heavy atom. The molecule has 1 amide bonds. The summed E-state index contributed by atoms with van der Waals surface area (Å²) in [6, 6.07) is 14.9. The van der Waals surface area contributed by atoms with Crippen LogP contribution in [0.2, 0.25) is 0 Å². The van der Waals surface area contributed by atoms with Crippen molar-refractivity contribution in [3.8, 4) is 22.9 Å². The summed E-state index contributed by atoms with van der Waals surface area (Å²) in [6.45, 7) is 0.210. The van der Waals surface area contributed by atoms with Crippen molar-refractivity contribution in [2.75, 3.05) is 14.2 Å². The van der Waals surface area contributed by atoms with Crippen LogP contribution in [-0.2, 0) is 11.3 Å². The van der Waals surface area contributed by atoms with Gasteiger partial charge in [0.05, 0.1) is 20.3 Å². The highest BCUT2D eigenvalue weighted by molar-refractivity contribution is 5.84. The van der Waals surface area contributed by atoms with Crippen LogP contribution >= 0.6 is 0 Å². The van der Waals surface area contributed by atoms with E-state index in [1.807, 2.05) is 59.7 Å². The zero-order valence-corrected chi connectivity index (χ0v) is 17.8. The van der Waals surface area contributed by atoms with Gasteiger partial charge in [0.25, 0.3) is 5.91 Å². The van der Waals surface area contributed by atoms with E-state index in [2.05, 4.69) is 15.6 Å². The largest absolute Gasteiger partial charge is 0.497 e. The summed E-state index contributed by atoms with van der Waals surface area (Å²) < 4.78 is 16.0. The number of amides is 1. The van der Waals surface area contributed by atoms with E-state index in [4.69, 9.17) is 14.0 Å². The van der Waals surface area contributed by atoms with Gasteiger partial charge in [-0.2, -0.15) is 4.98 Å². The first-order valence-electron chi connectivity index (χ1n) is 10.3. The van der Waals surface area contributed by atoms with Crippen LogP contribution < -0.4 is 14.9 Å². The molecule has 0 spiro atoms. The first-order valence-corrected chi connectivity index (χ1v) is 10.3.